The van der Waals surface area contributed by atoms with Gasteiger partial charge in [-0.1, -0.05) is 18.5 Å². The molecular formula is C20H20ClFN2O2. The predicted molar refractivity (Wildman–Crippen MR) is 100 cm³/mol. The third-order valence-electron chi connectivity index (χ3n) is 4.64. The highest BCUT2D eigenvalue weighted by molar-refractivity contribution is 6.31. The van der Waals surface area contributed by atoms with Crippen molar-refractivity contribution < 1.29 is 14.0 Å². The molecule has 3 rings (SSSR count). The SMILES string of the molecule is CC1CCN(C(=O)c2ccc(C(=O)Nc3ccc(F)c(Cl)c3)cc2)CC1. The van der Waals surface area contributed by atoms with Crippen LogP contribution in [0.25, 0.3) is 0 Å². The van der Waals surface area contributed by atoms with E-state index in [-0.39, 0.29) is 16.8 Å². The van der Waals surface area contributed by atoms with E-state index in [0.717, 1.165) is 25.9 Å². The van der Waals surface area contributed by atoms with Crippen LogP contribution in [0.5, 0.6) is 0 Å². The summed E-state index contributed by atoms with van der Waals surface area (Å²) in [6.45, 7) is 3.74. The molecule has 2 amide bonds. The van der Waals surface area contributed by atoms with Crippen molar-refractivity contribution in [1.82, 2.24) is 4.90 Å². The normalized spacial score (nSPS) is 15.0. The van der Waals surface area contributed by atoms with Crippen molar-refractivity contribution in [2.24, 2.45) is 5.92 Å². The Morgan fingerprint density at radius 2 is 1.69 bits per heavy atom. The fourth-order valence-electron chi connectivity index (χ4n) is 2.94. The lowest BCUT2D eigenvalue weighted by Gasteiger charge is -2.30. The molecule has 136 valence electrons. The fourth-order valence-corrected chi connectivity index (χ4v) is 3.12. The van der Waals surface area contributed by atoms with Gasteiger partial charge in [0.1, 0.15) is 5.82 Å². The van der Waals surface area contributed by atoms with E-state index in [1.54, 1.807) is 24.3 Å². The van der Waals surface area contributed by atoms with Gasteiger partial charge in [0, 0.05) is 29.9 Å². The molecule has 2 aromatic rings. The maximum atomic E-state index is 13.2. The number of carbonyl (C=O) groups is 2. The second-order valence-corrected chi connectivity index (χ2v) is 7.04. The standard InChI is InChI=1S/C20H20ClFN2O2/c1-13-8-10-24(11-9-13)20(26)15-4-2-14(3-5-15)19(25)23-16-6-7-18(22)17(21)12-16/h2-7,12-13H,8-11H2,1H3,(H,23,25). The first-order chi connectivity index (χ1) is 12.4. The molecule has 1 aliphatic rings. The zero-order valence-corrected chi connectivity index (χ0v) is 15.2. The maximum Gasteiger partial charge on any atom is 0.255 e. The number of hydrogen-bond acceptors (Lipinski definition) is 2. The van der Waals surface area contributed by atoms with Crippen LogP contribution in [-0.2, 0) is 0 Å². The third-order valence-corrected chi connectivity index (χ3v) is 4.93. The van der Waals surface area contributed by atoms with Gasteiger partial charge in [0.15, 0.2) is 0 Å². The monoisotopic (exact) mass is 374 g/mol. The average molecular weight is 375 g/mol. The predicted octanol–water partition coefficient (Wildman–Crippen LogP) is 4.60. The summed E-state index contributed by atoms with van der Waals surface area (Å²) in [5, 5.41) is 2.60. The molecule has 6 heteroatoms. The number of halogens is 2. The van der Waals surface area contributed by atoms with Crippen LogP contribution in [0.2, 0.25) is 5.02 Å². The van der Waals surface area contributed by atoms with Gasteiger partial charge in [0.05, 0.1) is 5.02 Å². The molecule has 1 fully saturated rings. The second kappa shape index (κ2) is 7.87. The molecule has 1 aliphatic heterocycles. The van der Waals surface area contributed by atoms with Crippen LogP contribution < -0.4 is 5.32 Å². The fraction of sp³-hybridized carbons (Fsp3) is 0.300. The second-order valence-electron chi connectivity index (χ2n) is 6.64. The zero-order valence-electron chi connectivity index (χ0n) is 14.5. The Balaban J connectivity index is 1.65. The van der Waals surface area contributed by atoms with E-state index < -0.39 is 5.82 Å². The zero-order chi connectivity index (χ0) is 18.7. The van der Waals surface area contributed by atoms with E-state index in [1.807, 2.05) is 4.90 Å². The molecule has 0 unspecified atom stereocenters. The molecular weight excluding hydrogens is 355 g/mol. The Morgan fingerprint density at radius 3 is 2.31 bits per heavy atom. The van der Waals surface area contributed by atoms with Crippen molar-refractivity contribution in [3.63, 3.8) is 0 Å². The average Bonchev–Trinajstić information content (AvgIpc) is 2.65. The molecule has 1 saturated heterocycles. The summed E-state index contributed by atoms with van der Waals surface area (Å²) in [4.78, 5) is 26.7. The highest BCUT2D eigenvalue weighted by atomic mass is 35.5. The third kappa shape index (κ3) is 4.22. The first-order valence-electron chi connectivity index (χ1n) is 8.60. The highest BCUT2D eigenvalue weighted by Crippen LogP contribution is 2.21. The lowest BCUT2D eigenvalue weighted by atomic mass is 9.98. The van der Waals surface area contributed by atoms with Gasteiger partial charge in [-0.2, -0.15) is 0 Å². The first-order valence-corrected chi connectivity index (χ1v) is 8.97. The van der Waals surface area contributed by atoms with E-state index in [2.05, 4.69) is 12.2 Å². The Labute approximate surface area is 157 Å². The summed E-state index contributed by atoms with van der Waals surface area (Å²) in [5.41, 5.74) is 1.39. The summed E-state index contributed by atoms with van der Waals surface area (Å²) in [7, 11) is 0. The Morgan fingerprint density at radius 1 is 1.08 bits per heavy atom. The Hall–Kier alpha value is -2.40. The van der Waals surface area contributed by atoms with Crippen LogP contribution in [0.3, 0.4) is 0 Å². The summed E-state index contributed by atoms with van der Waals surface area (Å²) in [6.07, 6.45) is 2.04. The molecule has 0 bridgehead atoms. The Bertz CT molecular complexity index is 815. The summed E-state index contributed by atoms with van der Waals surface area (Å²) >= 11 is 5.71. The largest absolute Gasteiger partial charge is 0.339 e. The molecule has 0 spiro atoms. The van der Waals surface area contributed by atoms with E-state index in [1.165, 1.54) is 18.2 Å². The molecule has 0 radical (unpaired) electrons. The quantitative estimate of drug-likeness (QED) is 0.853. The number of nitrogens with one attached hydrogen (secondary N) is 1. The van der Waals surface area contributed by atoms with Crippen molar-refractivity contribution >= 4 is 29.1 Å². The molecule has 1 N–H and O–H groups in total. The molecule has 0 aromatic heterocycles. The first kappa shape index (κ1) is 18.4. The van der Waals surface area contributed by atoms with Crippen LogP contribution in [-0.4, -0.2) is 29.8 Å². The molecule has 0 atom stereocenters. The van der Waals surface area contributed by atoms with Crippen LogP contribution >= 0.6 is 11.6 Å². The minimum Gasteiger partial charge on any atom is -0.339 e. The van der Waals surface area contributed by atoms with Gasteiger partial charge in [-0.25, -0.2) is 4.39 Å². The summed E-state index contributed by atoms with van der Waals surface area (Å²) < 4.78 is 13.2. The maximum absolute atomic E-state index is 13.2. The van der Waals surface area contributed by atoms with Crippen molar-refractivity contribution in [3.8, 4) is 0 Å². The molecule has 26 heavy (non-hydrogen) atoms. The number of benzene rings is 2. The molecule has 1 heterocycles. The summed E-state index contributed by atoms with van der Waals surface area (Å²) in [5.74, 6) is -0.239. The van der Waals surface area contributed by atoms with Gasteiger partial charge in [-0.15, -0.1) is 0 Å². The molecule has 0 saturated carbocycles. The molecule has 2 aromatic carbocycles. The van der Waals surface area contributed by atoms with Crippen LogP contribution in [0.1, 0.15) is 40.5 Å². The van der Waals surface area contributed by atoms with Crippen molar-refractivity contribution in [3.05, 3.63) is 64.4 Å². The van der Waals surface area contributed by atoms with Gasteiger partial charge < -0.3 is 10.2 Å². The minimum absolute atomic E-state index is 0.00539. The number of piperidine rings is 1. The summed E-state index contributed by atoms with van der Waals surface area (Å²) in [6, 6.07) is 10.5. The van der Waals surface area contributed by atoms with E-state index in [0.29, 0.717) is 22.7 Å². The molecule has 4 nitrogen and oxygen atoms in total. The van der Waals surface area contributed by atoms with E-state index in [9.17, 15) is 14.0 Å². The highest BCUT2D eigenvalue weighted by Gasteiger charge is 2.21. The van der Waals surface area contributed by atoms with Gasteiger partial charge >= 0.3 is 0 Å². The van der Waals surface area contributed by atoms with Crippen LogP contribution in [0.15, 0.2) is 42.5 Å². The Kier molecular flexibility index (Phi) is 5.57. The van der Waals surface area contributed by atoms with Crippen LogP contribution in [0, 0.1) is 11.7 Å². The van der Waals surface area contributed by atoms with Crippen molar-refractivity contribution in [1.29, 1.82) is 0 Å². The van der Waals surface area contributed by atoms with E-state index >= 15 is 0 Å². The minimum atomic E-state index is -0.542. The topological polar surface area (TPSA) is 49.4 Å². The number of rotatable bonds is 3. The van der Waals surface area contributed by atoms with Gasteiger partial charge in [0.2, 0.25) is 0 Å². The van der Waals surface area contributed by atoms with Crippen molar-refractivity contribution in [2.45, 2.75) is 19.8 Å². The van der Waals surface area contributed by atoms with Gasteiger partial charge in [-0.05, 0) is 61.2 Å². The lowest BCUT2D eigenvalue weighted by molar-refractivity contribution is 0.0697. The van der Waals surface area contributed by atoms with Gasteiger partial charge in [0.25, 0.3) is 11.8 Å². The van der Waals surface area contributed by atoms with Gasteiger partial charge in [-0.3, -0.25) is 9.59 Å². The lowest BCUT2D eigenvalue weighted by Crippen LogP contribution is -2.37. The number of nitrogens with zero attached hydrogens (tertiary/aromatic N) is 1. The number of anilines is 1. The van der Waals surface area contributed by atoms with E-state index in [4.69, 9.17) is 11.6 Å². The smallest absolute Gasteiger partial charge is 0.255 e. The number of carbonyl (C=O) groups excluding carboxylic acids is 2. The number of hydrogen-bond donors (Lipinski definition) is 1. The van der Waals surface area contributed by atoms with Crippen LogP contribution in [0.4, 0.5) is 10.1 Å². The molecule has 0 aliphatic carbocycles. The number of amides is 2. The van der Waals surface area contributed by atoms with Crippen molar-refractivity contribution in [2.75, 3.05) is 18.4 Å². The number of likely N-dealkylation sites (tertiary alicyclic amines) is 1.